The Bertz CT molecular complexity index is 970. The molecule has 7 heteroatoms. The van der Waals surface area contributed by atoms with Gasteiger partial charge in [-0.3, -0.25) is 4.79 Å². The summed E-state index contributed by atoms with van der Waals surface area (Å²) in [5.41, 5.74) is 2.20. The first kappa shape index (κ1) is 20.6. The Morgan fingerprint density at radius 3 is 2.43 bits per heavy atom. The van der Waals surface area contributed by atoms with E-state index >= 15 is 0 Å². The van der Waals surface area contributed by atoms with E-state index in [1.165, 1.54) is 17.3 Å². The van der Waals surface area contributed by atoms with Crippen molar-refractivity contribution in [1.29, 1.82) is 0 Å². The summed E-state index contributed by atoms with van der Waals surface area (Å²) >= 11 is 1.39. The first-order valence-corrected chi connectivity index (χ1v) is 11.2. The van der Waals surface area contributed by atoms with Crippen LogP contribution in [0.25, 0.3) is 5.69 Å². The van der Waals surface area contributed by atoms with Gasteiger partial charge in [-0.05, 0) is 44.6 Å². The lowest BCUT2D eigenvalue weighted by Gasteiger charge is -2.25. The average Bonchev–Trinajstić information content (AvgIpc) is 3.52. The van der Waals surface area contributed by atoms with Crippen LogP contribution in [0.1, 0.15) is 36.2 Å². The zero-order chi connectivity index (χ0) is 20.9. The molecule has 3 aromatic rings. The van der Waals surface area contributed by atoms with Crippen LogP contribution >= 0.6 is 11.8 Å². The minimum atomic E-state index is -0.00758. The third kappa shape index (κ3) is 5.09. The van der Waals surface area contributed by atoms with Crippen molar-refractivity contribution in [3.8, 4) is 5.69 Å². The normalized spacial score (nSPS) is 14.6. The number of rotatable bonds is 9. The van der Waals surface area contributed by atoms with Crippen molar-refractivity contribution in [2.24, 2.45) is 0 Å². The van der Waals surface area contributed by atoms with E-state index in [4.69, 9.17) is 4.98 Å². The van der Waals surface area contributed by atoms with Crippen LogP contribution in [-0.2, 0) is 4.79 Å². The third-order valence-electron chi connectivity index (χ3n) is 5.19. The van der Waals surface area contributed by atoms with Crippen LogP contribution in [0.3, 0.4) is 0 Å². The number of thioether (sulfide) groups is 1. The fourth-order valence-electron chi connectivity index (χ4n) is 3.40. The van der Waals surface area contributed by atoms with Crippen molar-refractivity contribution in [3.63, 3.8) is 0 Å². The van der Waals surface area contributed by atoms with E-state index in [1.807, 2.05) is 67.3 Å². The van der Waals surface area contributed by atoms with Gasteiger partial charge in [-0.2, -0.15) is 0 Å². The maximum Gasteiger partial charge on any atom is 0.230 e. The minimum Gasteiger partial charge on any atom is -0.353 e. The molecule has 0 aliphatic heterocycles. The van der Waals surface area contributed by atoms with Crippen molar-refractivity contribution in [1.82, 2.24) is 25.0 Å². The average molecular weight is 422 g/mol. The van der Waals surface area contributed by atoms with Crippen LogP contribution in [-0.4, -0.2) is 52.0 Å². The fourth-order valence-corrected chi connectivity index (χ4v) is 4.06. The number of nitrogens with zero attached hydrogens (tertiary/aromatic N) is 4. The van der Waals surface area contributed by atoms with Crippen molar-refractivity contribution in [2.75, 3.05) is 26.4 Å². The summed E-state index contributed by atoms with van der Waals surface area (Å²) < 4.78 is 1.93. The highest BCUT2D eigenvalue weighted by molar-refractivity contribution is 7.99. The van der Waals surface area contributed by atoms with Crippen LogP contribution in [0.2, 0.25) is 0 Å². The number of hydrogen-bond donors (Lipinski definition) is 1. The van der Waals surface area contributed by atoms with E-state index in [2.05, 4.69) is 27.4 Å². The quantitative estimate of drug-likeness (QED) is 0.534. The second kappa shape index (κ2) is 9.45. The molecule has 1 amide bonds. The largest absolute Gasteiger partial charge is 0.353 e. The lowest BCUT2D eigenvalue weighted by atomic mass is 10.1. The molecule has 6 nitrogen and oxygen atoms in total. The smallest absolute Gasteiger partial charge is 0.230 e. The maximum atomic E-state index is 12.5. The minimum absolute atomic E-state index is 0.00758. The summed E-state index contributed by atoms with van der Waals surface area (Å²) in [6.07, 6.45) is 2.31. The third-order valence-corrected chi connectivity index (χ3v) is 6.03. The van der Waals surface area contributed by atoms with E-state index in [-0.39, 0.29) is 11.9 Å². The van der Waals surface area contributed by atoms with Crippen molar-refractivity contribution < 1.29 is 4.79 Å². The number of aromatic nitrogens is 3. The molecule has 1 aliphatic carbocycles. The number of benzene rings is 2. The highest BCUT2D eigenvalue weighted by Crippen LogP contribution is 2.40. The highest BCUT2D eigenvalue weighted by Gasteiger charge is 2.30. The molecule has 1 aromatic heterocycles. The molecule has 0 saturated heterocycles. The van der Waals surface area contributed by atoms with Gasteiger partial charge in [0.1, 0.15) is 5.82 Å². The molecule has 1 fully saturated rings. The fraction of sp³-hybridized carbons (Fsp3) is 0.348. The van der Waals surface area contributed by atoms with Gasteiger partial charge in [-0.15, -0.1) is 5.10 Å². The van der Waals surface area contributed by atoms with Gasteiger partial charge in [0.15, 0.2) is 0 Å². The molecule has 0 radical (unpaired) electrons. The predicted octanol–water partition coefficient (Wildman–Crippen LogP) is 3.66. The van der Waals surface area contributed by atoms with Crippen LogP contribution in [0.5, 0.6) is 0 Å². The summed E-state index contributed by atoms with van der Waals surface area (Å²) in [6.45, 7) is 0.565. The Labute approximate surface area is 181 Å². The molecular weight excluding hydrogens is 394 g/mol. The summed E-state index contributed by atoms with van der Waals surface area (Å²) in [6, 6.07) is 20.4. The number of carbonyl (C=O) groups is 1. The van der Waals surface area contributed by atoms with E-state index in [9.17, 15) is 4.79 Å². The zero-order valence-electron chi connectivity index (χ0n) is 17.4. The Kier molecular flexibility index (Phi) is 6.50. The van der Waals surface area contributed by atoms with E-state index in [1.54, 1.807) is 0 Å². The van der Waals surface area contributed by atoms with Crippen molar-refractivity contribution in [3.05, 3.63) is 72.1 Å². The predicted molar refractivity (Wildman–Crippen MR) is 120 cm³/mol. The molecule has 0 bridgehead atoms. The van der Waals surface area contributed by atoms with E-state index in [0.29, 0.717) is 23.4 Å². The van der Waals surface area contributed by atoms with Gasteiger partial charge >= 0.3 is 0 Å². The van der Waals surface area contributed by atoms with Crippen LogP contribution in [0.15, 0.2) is 65.8 Å². The van der Waals surface area contributed by atoms with Gasteiger partial charge < -0.3 is 10.2 Å². The molecule has 1 N–H and O–H groups in total. The molecule has 156 valence electrons. The van der Waals surface area contributed by atoms with Gasteiger partial charge in [-0.1, -0.05) is 60.3 Å². The van der Waals surface area contributed by atoms with E-state index < -0.39 is 0 Å². The number of amides is 1. The molecule has 0 spiro atoms. The van der Waals surface area contributed by atoms with Gasteiger partial charge in [0.25, 0.3) is 0 Å². The monoisotopic (exact) mass is 421 g/mol. The number of hydrogen-bond acceptors (Lipinski definition) is 5. The second-order valence-corrected chi connectivity index (χ2v) is 8.70. The Balaban J connectivity index is 1.36. The van der Waals surface area contributed by atoms with Gasteiger partial charge in [0, 0.05) is 12.5 Å². The summed E-state index contributed by atoms with van der Waals surface area (Å²) in [4.78, 5) is 19.3. The van der Waals surface area contributed by atoms with E-state index in [0.717, 1.165) is 24.4 Å². The molecule has 1 heterocycles. The maximum absolute atomic E-state index is 12.5. The molecular formula is C23H27N5OS. The first-order chi connectivity index (χ1) is 14.6. The lowest BCUT2D eigenvalue weighted by molar-refractivity contribution is -0.118. The number of likely N-dealkylation sites (N-methyl/N-ethyl adjacent to an activating group) is 1. The summed E-state index contributed by atoms with van der Waals surface area (Å²) in [7, 11) is 4.05. The molecule has 1 aliphatic rings. The topological polar surface area (TPSA) is 63.1 Å². The second-order valence-electron chi connectivity index (χ2n) is 7.76. The standard InChI is InChI=1S/C23H27N5OS/c1-27(2)20(17-9-5-3-6-10-17)15-24-21(29)16-30-23-25-22(18-13-14-18)28(26-23)19-11-7-4-8-12-19/h3-12,18,20H,13-16H2,1-2H3,(H,24,29)/t20-/m0/s1. The number of para-hydroxylation sites is 1. The van der Waals surface area contributed by atoms with Crippen molar-refractivity contribution >= 4 is 17.7 Å². The molecule has 4 rings (SSSR count). The summed E-state index contributed by atoms with van der Waals surface area (Å²) in [5.74, 6) is 1.78. The lowest BCUT2D eigenvalue weighted by Crippen LogP contribution is -2.35. The first-order valence-electron chi connectivity index (χ1n) is 10.2. The van der Waals surface area contributed by atoms with Crippen LogP contribution < -0.4 is 5.32 Å². The SMILES string of the molecule is CN(C)[C@@H](CNC(=O)CSc1nc(C2CC2)n(-c2ccccc2)n1)c1ccccc1. The van der Waals surface area contributed by atoms with Gasteiger partial charge in [0.2, 0.25) is 11.1 Å². The molecule has 2 aromatic carbocycles. The van der Waals surface area contributed by atoms with Crippen LogP contribution in [0, 0.1) is 0 Å². The van der Waals surface area contributed by atoms with Gasteiger partial charge in [0.05, 0.1) is 17.5 Å². The number of nitrogens with one attached hydrogen (secondary N) is 1. The van der Waals surface area contributed by atoms with Crippen LogP contribution in [0.4, 0.5) is 0 Å². The molecule has 0 unspecified atom stereocenters. The Hall–Kier alpha value is -2.64. The molecule has 1 saturated carbocycles. The van der Waals surface area contributed by atoms with Crippen molar-refractivity contribution in [2.45, 2.75) is 30.0 Å². The zero-order valence-corrected chi connectivity index (χ0v) is 18.2. The van der Waals surface area contributed by atoms with Gasteiger partial charge in [-0.25, -0.2) is 9.67 Å². The summed E-state index contributed by atoms with van der Waals surface area (Å²) in [5, 5.41) is 8.38. The molecule has 1 atom stereocenters. The molecule has 30 heavy (non-hydrogen) atoms. The Morgan fingerprint density at radius 2 is 1.80 bits per heavy atom. The number of carbonyl (C=O) groups excluding carboxylic acids is 1. The highest BCUT2D eigenvalue weighted by atomic mass is 32.2. The Morgan fingerprint density at radius 1 is 1.13 bits per heavy atom.